The number of nitrogens with two attached hydrogens (primary N) is 1. The summed E-state index contributed by atoms with van der Waals surface area (Å²) < 4.78 is 0. The van der Waals surface area contributed by atoms with Crippen LogP contribution in [0.2, 0.25) is 0 Å². The van der Waals surface area contributed by atoms with Crippen molar-refractivity contribution in [3.05, 3.63) is 29.8 Å². The van der Waals surface area contributed by atoms with Gasteiger partial charge in [-0.2, -0.15) is 0 Å². The Balaban J connectivity index is 1.94. The van der Waals surface area contributed by atoms with Gasteiger partial charge in [0, 0.05) is 24.2 Å². The third-order valence-electron chi connectivity index (χ3n) is 3.90. The third kappa shape index (κ3) is 2.66. The molecule has 1 amide bonds. The fourth-order valence-corrected chi connectivity index (χ4v) is 2.82. The number of likely N-dealkylation sites (tertiary alicyclic amines) is 1. The lowest BCUT2D eigenvalue weighted by Gasteiger charge is -2.26. The summed E-state index contributed by atoms with van der Waals surface area (Å²) in [6.45, 7) is 4.27. The number of rotatable bonds is 3. The van der Waals surface area contributed by atoms with E-state index < -0.39 is 0 Å². The Morgan fingerprint density at radius 1 is 1.28 bits per heavy atom. The van der Waals surface area contributed by atoms with Gasteiger partial charge in [-0.15, -0.1) is 0 Å². The van der Waals surface area contributed by atoms with E-state index in [2.05, 4.69) is 13.8 Å². The zero-order valence-corrected chi connectivity index (χ0v) is 11.2. The monoisotopic (exact) mass is 246 g/mol. The molecule has 2 rings (SSSR count). The zero-order valence-electron chi connectivity index (χ0n) is 11.2. The quantitative estimate of drug-likeness (QED) is 0.833. The number of hydrogen-bond acceptors (Lipinski definition) is 2. The van der Waals surface area contributed by atoms with Gasteiger partial charge in [0.05, 0.1) is 0 Å². The van der Waals surface area contributed by atoms with Crippen molar-refractivity contribution in [1.82, 2.24) is 4.90 Å². The molecule has 0 aromatic heterocycles. The molecule has 2 N–H and O–H groups in total. The molecule has 1 heterocycles. The third-order valence-corrected chi connectivity index (χ3v) is 3.90. The van der Waals surface area contributed by atoms with Crippen LogP contribution in [0, 0.1) is 0 Å². The van der Waals surface area contributed by atoms with Crippen molar-refractivity contribution in [2.45, 2.75) is 51.6 Å². The van der Waals surface area contributed by atoms with Crippen LogP contribution in [-0.4, -0.2) is 22.9 Å². The molecule has 2 atom stereocenters. The minimum absolute atomic E-state index is 0.260. The van der Waals surface area contributed by atoms with E-state index in [0.29, 0.717) is 18.5 Å². The molecule has 1 aromatic rings. The molecule has 0 bridgehead atoms. The highest BCUT2D eigenvalue weighted by atomic mass is 16.2. The van der Waals surface area contributed by atoms with Crippen LogP contribution in [0.4, 0.5) is 5.69 Å². The Kier molecular flexibility index (Phi) is 3.90. The molecule has 0 spiro atoms. The lowest BCUT2D eigenvalue weighted by Crippen LogP contribution is -2.38. The summed E-state index contributed by atoms with van der Waals surface area (Å²) in [6, 6.07) is 8.56. The maximum absolute atomic E-state index is 12.2. The predicted molar refractivity (Wildman–Crippen MR) is 74.2 cm³/mol. The van der Waals surface area contributed by atoms with Crippen molar-refractivity contribution in [2.24, 2.45) is 0 Å². The smallest absolute Gasteiger partial charge is 0.223 e. The van der Waals surface area contributed by atoms with Crippen LogP contribution >= 0.6 is 0 Å². The number of para-hydroxylation sites is 1. The van der Waals surface area contributed by atoms with Gasteiger partial charge in [0.15, 0.2) is 0 Å². The van der Waals surface area contributed by atoms with Crippen LogP contribution in [0.5, 0.6) is 0 Å². The molecule has 98 valence electrons. The molecule has 3 heteroatoms. The maximum Gasteiger partial charge on any atom is 0.223 e. The number of carbonyl (C=O) groups excluding carboxylic acids is 1. The summed E-state index contributed by atoms with van der Waals surface area (Å²) in [7, 11) is 0. The van der Waals surface area contributed by atoms with E-state index in [4.69, 9.17) is 5.73 Å². The fraction of sp³-hybridized carbons (Fsp3) is 0.533. The summed E-state index contributed by atoms with van der Waals surface area (Å²) in [4.78, 5) is 14.3. The van der Waals surface area contributed by atoms with Crippen LogP contribution in [0.1, 0.15) is 38.7 Å². The minimum atomic E-state index is 0.260. The van der Waals surface area contributed by atoms with E-state index in [1.54, 1.807) is 0 Å². The van der Waals surface area contributed by atoms with E-state index in [-0.39, 0.29) is 5.91 Å². The molecule has 1 aliphatic heterocycles. The van der Waals surface area contributed by atoms with Gasteiger partial charge in [0.1, 0.15) is 0 Å². The number of amides is 1. The number of carbonyl (C=O) groups is 1. The molecule has 0 radical (unpaired) electrons. The summed E-state index contributed by atoms with van der Waals surface area (Å²) in [5.74, 6) is 0.260. The van der Waals surface area contributed by atoms with Crippen LogP contribution in [0.25, 0.3) is 0 Å². The SMILES string of the molecule is CC1CCC(C)N1C(=O)CCc1ccccc1N. The number of benzene rings is 1. The molecule has 0 aliphatic carbocycles. The lowest BCUT2D eigenvalue weighted by molar-refractivity contribution is -0.133. The van der Waals surface area contributed by atoms with Gasteiger partial charge in [-0.3, -0.25) is 4.79 Å². The van der Waals surface area contributed by atoms with Gasteiger partial charge in [0.2, 0.25) is 5.91 Å². The summed E-state index contributed by atoms with van der Waals surface area (Å²) >= 11 is 0. The average Bonchev–Trinajstić information content (AvgIpc) is 2.68. The highest BCUT2D eigenvalue weighted by molar-refractivity contribution is 5.77. The van der Waals surface area contributed by atoms with Gasteiger partial charge in [-0.05, 0) is 44.7 Å². The lowest BCUT2D eigenvalue weighted by atomic mass is 10.1. The van der Waals surface area contributed by atoms with Crippen molar-refractivity contribution in [2.75, 3.05) is 5.73 Å². The molecule has 1 aliphatic rings. The molecule has 2 unspecified atom stereocenters. The molecule has 0 saturated carbocycles. The molecule has 1 fully saturated rings. The molecular weight excluding hydrogens is 224 g/mol. The van der Waals surface area contributed by atoms with Crippen molar-refractivity contribution < 1.29 is 4.79 Å². The van der Waals surface area contributed by atoms with E-state index >= 15 is 0 Å². The summed E-state index contributed by atoms with van der Waals surface area (Å²) in [6.07, 6.45) is 3.55. The molecule has 18 heavy (non-hydrogen) atoms. The first-order chi connectivity index (χ1) is 8.59. The Morgan fingerprint density at radius 3 is 2.50 bits per heavy atom. The fourth-order valence-electron chi connectivity index (χ4n) is 2.82. The van der Waals surface area contributed by atoms with E-state index in [1.165, 1.54) is 0 Å². The summed E-state index contributed by atoms with van der Waals surface area (Å²) in [5.41, 5.74) is 7.75. The largest absolute Gasteiger partial charge is 0.399 e. The van der Waals surface area contributed by atoms with E-state index in [9.17, 15) is 4.79 Å². The molecular formula is C15H22N2O. The molecule has 1 aromatic carbocycles. The van der Waals surface area contributed by atoms with Crippen molar-refractivity contribution in [3.8, 4) is 0 Å². The van der Waals surface area contributed by atoms with Gasteiger partial charge < -0.3 is 10.6 Å². The van der Waals surface area contributed by atoms with Crippen molar-refractivity contribution >= 4 is 11.6 Å². The second-order valence-corrected chi connectivity index (χ2v) is 5.28. The van der Waals surface area contributed by atoms with Crippen LogP contribution in [0.3, 0.4) is 0 Å². The standard InChI is InChI=1S/C15H22N2O/c1-11-7-8-12(2)17(11)15(18)10-9-13-5-3-4-6-14(13)16/h3-6,11-12H,7-10,16H2,1-2H3. The first-order valence-corrected chi connectivity index (χ1v) is 6.74. The topological polar surface area (TPSA) is 46.3 Å². The Hall–Kier alpha value is -1.51. The Bertz CT molecular complexity index is 420. The summed E-state index contributed by atoms with van der Waals surface area (Å²) in [5, 5.41) is 0. The Labute approximate surface area is 109 Å². The minimum Gasteiger partial charge on any atom is -0.399 e. The number of nitrogen functional groups attached to an aromatic ring is 1. The van der Waals surface area contributed by atoms with Gasteiger partial charge in [0.25, 0.3) is 0 Å². The number of hydrogen-bond donors (Lipinski definition) is 1. The second kappa shape index (κ2) is 5.42. The first kappa shape index (κ1) is 12.9. The van der Waals surface area contributed by atoms with Gasteiger partial charge in [-0.25, -0.2) is 0 Å². The van der Waals surface area contributed by atoms with Crippen molar-refractivity contribution in [1.29, 1.82) is 0 Å². The Morgan fingerprint density at radius 2 is 1.89 bits per heavy atom. The van der Waals surface area contributed by atoms with E-state index in [0.717, 1.165) is 30.5 Å². The van der Waals surface area contributed by atoms with Crippen LogP contribution in [-0.2, 0) is 11.2 Å². The second-order valence-electron chi connectivity index (χ2n) is 5.28. The van der Waals surface area contributed by atoms with Gasteiger partial charge >= 0.3 is 0 Å². The molecule has 1 saturated heterocycles. The first-order valence-electron chi connectivity index (χ1n) is 6.74. The number of nitrogens with zero attached hydrogens (tertiary/aromatic N) is 1. The number of anilines is 1. The zero-order chi connectivity index (χ0) is 13.1. The number of aryl methyl sites for hydroxylation is 1. The van der Waals surface area contributed by atoms with E-state index in [1.807, 2.05) is 29.2 Å². The highest BCUT2D eigenvalue weighted by Gasteiger charge is 2.30. The maximum atomic E-state index is 12.2. The van der Waals surface area contributed by atoms with Crippen LogP contribution < -0.4 is 5.73 Å². The van der Waals surface area contributed by atoms with Gasteiger partial charge in [-0.1, -0.05) is 18.2 Å². The van der Waals surface area contributed by atoms with Crippen molar-refractivity contribution in [3.63, 3.8) is 0 Å². The normalized spacial score (nSPS) is 23.3. The van der Waals surface area contributed by atoms with Crippen LogP contribution in [0.15, 0.2) is 24.3 Å². The molecule has 3 nitrogen and oxygen atoms in total. The highest BCUT2D eigenvalue weighted by Crippen LogP contribution is 2.25. The average molecular weight is 246 g/mol. The predicted octanol–water partition coefficient (Wildman–Crippen LogP) is 2.60.